The van der Waals surface area contributed by atoms with E-state index in [0.29, 0.717) is 5.65 Å². The molecule has 0 spiro atoms. The molecule has 3 rings (SSSR count). The van der Waals surface area contributed by atoms with Crippen LogP contribution >= 0.6 is 0 Å². The summed E-state index contributed by atoms with van der Waals surface area (Å²) in [6.45, 7) is 0. The molecule has 0 aliphatic rings. The number of hydrogen-bond donors (Lipinski definition) is 1. The second kappa shape index (κ2) is 2.88. The lowest BCUT2D eigenvalue weighted by Crippen LogP contribution is -1.95. The number of hydrogen-bond acceptors (Lipinski definition) is 4. The fourth-order valence-electron chi connectivity index (χ4n) is 1.66. The minimum absolute atomic E-state index is 0.255. The van der Waals surface area contributed by atoms with Crippen molar-refractivity contribution in [2.24, 2.45) is 0 Å². The highest BCUT2D eigenvalue weighted by atomic mass is 15.0. The van der Waals surface area contributed by atoms with Gasteiger partial charge in [-0.1, -0.05) is 24.3 Å². The van der Waals surface area contributed by atoms with Gasteiger partial charge in [0.05, 0.1) is 0 Å². The molecule has 0 bridgehead atoms. The number of nitrogens with zero attached hydrogens (tertiary/aromatic N) is 3. The Balaban J connectivity index is 2.55. The predicted octanol–water partition coefficient (Wildman–Crippen LogP) is 1.76. The molecule has 4 nitrogen and oxygen atoms in total. The van der Waals surface area contributed by atoms with E-state index in [2.05, 4.69) is 15.0 Å². The van der Waals surface area contributed by atoms with Gasteiger partial charge in [-0.05, 0) is 5.39 Å². The summed E-state index contributed by atoms with van der Waals surface area (Å²) in [6.07, 6.45) is 3.51. The van der Waals surface area contributed by atoms with Crippen LogP contribution in [0, 0.1) is 0 Å². The zero-order chi connectivity index (χ0) is 10.3. The van der Waals surface area contributed by atoms with Crippen molar-refractivity contribution in [1.82, 2.24) is 15.0 Å². The van der Waals surface area contributed by atoms with Crippen molar-refractivity contribution in [3.8, 4) is 0 Å². The molecule has 0 saturated heterocycles. The summed E-state index contributed by atoms with van der Waals surface area (Å²) in [5, 5.41) is 3.11. The topological polar surface area (TPSA) is 64.7 Å². The summed E-state index contributed by atoms with van der Waals surface area (Å²) in [5.74, 6) is 0.255. The molecule has 0 saturated carbocycles. The third-order valence-electron chi connectivity index (χ3n) is 2.36. The Morgan fingerprint density at radius 1 is 0.933 bits per heavy atom. The molecule has 3 aromatic rings. The first-order chi connectivity index (χ1) is 7.34. The van der Waals surface area contributed by atoms with Crippen molar-refractivity contribution in [1.29, 1.82) is 0 Å². The van der Waals surface area contributed by atoms with Gasteiger partial charge in [-0.3, -0.25) is 0 Å². The number of aromatic nitrogens is 3. The molecular formula is C11H8N4. The molecule has 2 heterocycles. The van der Waals surface area contributed by atoms with Gasteiger partial charge in [0.1, 0.15) is 0 Å². The molecule has 15 heavy (non-hydrogen) atoms. The zero-order valence-electron chi connectivity index (χ0n) is 7.88. The molecular weight excluding hydrogens is 188 g/mol. The highest BCUT2D eigenvalue weighted by Crippen LogP contribution is 2.21. The molecule has 0 atom stereocenters. The second-order valence-electron chi connectivity index (χ2n) is 3.31. The molecule has 2 N–H and O–H groups in total. The first-order valence-electron chi connectivity index (χ1n) is 4.60. The van der Waals surface area contributed by atoms with Crippen molar-refractivity contribution in [3.05, 3.63) is 36.7 Å². The number of fused-ring (bicyclic) bond motifs is 3. The average molecular weight is 196 g/mol. The van der Waals surface area contributed by atoms with Gasteiger partial charge in [-0.15, -0.1) is 0 Å². The lowest BCUT2D eigenvalue weighted by atomic mass is 10.1. The van der Waals surface area contributed by atoms with Crippen LogP contribution in [0.5, 0.6) is 0 Å². The van der Waals surface area contributed by atoms with Crippen molar-refractivity contribution in [2.45, 2.75) is 0 Å². The second-order valence-corrected chi connectivity index (χ2v) is 3.31. The fourth-order valence-corrected chi connectivity index (χ4v) is 1.66. The van der Waals surface area contributed by atoms with E-state index in [-0.39, 0.29) is 5.95 Å². The summed E-state index contributed by atoms with van der Waals surface area (Å²) in [6, 6.07) is 8.00. The quantitative estimate of drug-likeness (QED) is 0.556. The van der Waals surface area contributed by atoms with Gasteiger partial charge in [0.2, 0.25) is 5.95 Å². The fraction of sp³-hybridized carbons (Fsp3) is 0. The molecule has 0 aliphatic heterocycles. The Morgan fingerprint density at radius 2 is 1.80 bits per heavy atom. The number of rotatable bonds is 0. The average Bonchev–Trinajstić information content (AvgIpc) is 2.28. The number of benzene rings is 1. The molecule has 72 valence electrons. The maximum atomic E-state index is 5.51. The lowest BCUT2D eigenvalue weighted by molar-refractivity contribution is 1.20. The highest BCUT2D eigenvalue weighted by molar-refractivity contribution is 6.03. The lowest BCUT2D eigenvalue weighted by Gasteiger charge is -2.01. The van der Waals surface area contributed by atoms with E-state index in [0.717, 1.165) is 16.2 Å². The predicted molar refractivity (Wildman–Crippen MR) is 59.3 cm³/mol. The van der Waals surface area contributed by atoms with Crippen molar-refractivity contribution >= 4 is 27.8 Å². The van der Waals surface area contributed by atoms with Crippen LogP contribution in [-0.2, 0) is 0 Å². The molecule has 0 unspecified atom stereocenters. The van der Waals surface area contributed by atoms with E-state index in [9.17, 15) is 0 Å². The molecule has 4 heteroatoms. The Kier molecular flexibility index (Phi) is 1.56. The van der Waals surface area contributed by atoms with Gasteiger partial charge >= 0.3 is 0 Å². The van der Waals surface area contributed by atoms with Crippen LogP contribution in [0.2, 0.25) is 0 Å². The summed E-state index contributed by atoms with van der Waals surface area (Å²) in [5.41, 5.74) is 6.15. The molecule has 1 aromatic carbocycles. The van der Waals surface area contributed by atoms with Crippen LogP contribution in [0.25, 0.3) is 21.8 Å². The van der Waals surface area contributed by atoms with Crippen LogP contribution in [0.15, 0.2) is 36.7 Å². The molecule has 0 fully saturated rings. The van der Waals surface area contributed by atoms with Gasteiger partial charge in [-0.2, -0.15) is 4.98 Å². The van der Waals surface area contributed by atoms with E-state index >= 15 is 0 Å². The van der Waals surface area contributed by atoms with Crippen LogP contribution < -0.4 is 5.73 Å². The van der Waals surface area contributed by atoms with Crippen LogP contribution in [0.3, 0.4) is 0 Å². The SMILES string of the molecule is Nc1ncc2c(ncc3ccccc32)n1. The Morgan fingerprint density at radius 3 is 2.73 bits per heavy atom. The van der Waals surface area contributed by atoms with E-state index in [4.69, 9.17) is 5.73 Å². The largest absolute Gasteiger partial charge is 0.368 e. The summed E-state index contributed by atoms with van der Waals surface area (Å²) >= 11 is 0. The van der Waals surface area contributed by atoms with E-state index in [1.165, 1.54) is 0 Å². The van der Waals surface area contributed by atoms with E-state index in [1.54, 1.807) is 12.4 Å². The standard InChI is InChI=1S/C11H8N4/c12-11-14-6-9-8-4-2-1-3-7(8)5-13-10(9)15-11/h1-6H,(H2,12,13,14,15). The Labute approximate surface area is 85.8 Å². The van der Waals surface area contributed by atoms with E-state index in [1.807, 2.05) is 24.3 Å². The molecule has 0 amide bonds. The number of anilines is 1. The maximum absolute atomic E-state index is 5.51. The summed E-state index contributed by atoms with van der Waals surface area (Å²) < 4.78 is 0. The monoisotopic (exact) mass is 196 g/mol. The molecule has 2 aromatic heterocycles. The minimum atomic E-state index is 0.255. The molecule has 0 aliphatic carbocycles. The molecule has 0 radical (unpaired) electrons. The van der Waals surface area contributed by atoms with Crippen LogP contribution in [0.1, 0.15) is 0 Å². The smallest absolute Gasteiger partial charge is 0.222 e. The number of pyridine rings is 1. The van der Waals surface area contributed by atoms with Gasteiger partial charge < -0.3 is 5.73 Å². The minimum Gasteiger partial charge on any atom is -0.368 e. The van der Waals surface area contributed by atoms with Crippen molar-refractivity contribution in [3.63, 3.8) is 0 Å². The maximum Gasteiger partial charge on any atom is 0.222 e. The first kappa shape index (κ1) is 8.11. The Hall–Kier alpha value is -2.23. The number of nitrogens with two attached hydrogens (primary N) is 1. The normalized spacial score (nSPS) is 10.9. The van der Waals surface area contributed by atoms with Crippen molar-refractivity contribution < 1.29 is 0 Å². The first-order valence-corrected chi connectivity index (χ1v) is 4.60. The summed E-state index contributed by atoms with van der Waals surface area (Å²) in [7, 11) is 0. The van der Waals surface area contributed by atoms with Crippen molar-refractivity contribution in [2.75, 3.05) is 5.73 Å². The van der Waals surface area contributed by atoms with Gasteiger partial charge in [0.15, 0.2) is 5.65 Å². The highest BCUT2D eigenvalue weighted by Gasteiger charge is 2.02. The number of nitrogen functional groups attached to an aromatic ring is 1. The van der Waals surface area contributed by atoms with Gasteiger partial charge in [-0.25, -0.2) is 9.97 Å². The summed E-state index contributed by atoms with van der Waals surface area (Å²) in [4.78, 5) is 12.3. The van der Waals surface area contributed by atoms with E-state index < -0.39 is 0 Å². The van der Waals surface area contributed by atoms with Gasteiger partial charge in [0.25, 0.3) is 0 Å². The Bertz CT molecular complexity index is 648. The zero-order valence-corrected chi connectivity index (χ0v) is 7.88. The van der Waals surface area contributed by atoms with Gasteiger partial charge in [0, 0.05) is 23.2 Å². The third kappa shape index (κ3) is 1.19. The van der Waals surface area contributed by atoms with Crippen LogP contribution in [-0.4, -0.2) is 15.0 Å². The third-order valence-corrected chi connectivity index (χ3v) is 2.36. The van der Waals surface area contributed by atoms with Crippen LogP contribution in [0.4, 0.5) is 5.95 Å².